The second-order valence-corrected chi connectivity index (χ2v) is 6.43. The highest BCUT2D eigenvalue weighted by Crippen LogP contribution is 2.26. The van der Waals surface area contributed by atoms with Gasteiger partial charge in [-0.05, 0) is 15.9 Å². The second kappa shape index (κ2) is 4.67. The molecule has 0 spiro atoms. The Kier molecular flexibility index (Phi) is 2.86. The van der Waals surface area contributed by atoms with Crippen molar-refractivity contribution < 1.29 is 0 Å². The van der Waals surface area contributed by atoms with E-state index in [1.54, 1.807) is 35.7 Å². The molecule has 0 radical (unpaired) electrons. The lowest BCUT2D eigenvalue weighted by Crippen LogP contribution is -2.50. The Morgan fingerprint density at radius 3 is 2.73 bits per heavy atom. The quantitative estimate of drug-likeness (QED) is 0.669. The van der Waals surface area contributed by atoms with E-state index in [0.717, 1.165) is 17.6 Å². The third-order valence-corrected chi connectivity index (χ3v) is 4.35. The predicted octanol–water partition coefficient (Wildman–Crippen LogP) is 0.687. The van der Waals surface area contributed by atoms with Crippen molar-refractivity contribution in [3.05, 3.63) is 33.4 Å². The molecule has 4 heterocycles. The van der Waals surface area contributed by atoms with Crippen molar-refractivity contribution in [2.75, 3.05) is 18.0 Å². The van der Waals surface area contributed by atoms with Crippen LogP contribution in [0.1, 0.15) is 6.04 Å². The number of anilines is 1. The molecule has 114 valence electrons. The van der Waals surface area contributed by atoms with E-state index < -0.39 is 0 Å². The maximum Gasteiger partial charge on any atom is 0.265 e. The molecule has 22 heavy (non-hydrogen) atoms. The minimum Gasteiger partial charge on any atom is -0.338 e. The van der Waals surface area contributed by atoms with Gasteiger partial charge in [-0.15, -0.1) is 0 Å². The van der Waals surface area contributed by atoms with Gasteiger partial charge in [-0.3, -0.25) is 18.7 Å². The molecule has 1 aliphatic heterocycles. The van der Waals surface area contributed by atoms with E-state index in [1.807, 2.05) is 10.9 Å². The summed E-state index contributed by atoms with van der Waals surface area (Å²) in [6.45, 7) is 1.54. The van der Waals surface area contributed by atoms with Gasteiger partial charge in [0.05, 0.1) is 16.7 Å². The molecular formula is C13H14BrN7O. The molecule has 0 unspecified atom stereocenters. The molecule has 0 bridgehead atoms. The van der Waals surface area contributed by atoms with Gasteiger partial charge in [-0.25, -0.2) is 0 Å². The summed E-state index contributed by atoms with van der Waals surface area (Å²) in [6, 6.07) is 0.294. The van der Waals surface area contributed by atoms with E-state index in [-0.39, 0.29) is 5.56 Å². The minimum absolute atomic E-state index is 0.0709. The lowest BCUT2D eigenvalue weighted by molar-refractivity contribution is 0.360. The van der Waals surface area contributed by atoms with Gasteiger partial charge in [0.25, 0.3) is 5.56 Å². The monoisotopic (exact) mass is 363 g/mol. The predicted molar refractivity (Wildman–Crippen MR) is 84.9 cm³/mol. The van der Waals surface area contributed by atoms with Crippen molar-refractivity contribution in [3.8, 4) is 0 Å². The highest BCUT2D eigenvalue weighted by Gasteiger charge is 2.32. The number of halogens is 1. The zero-order valence-corrected chi connectivity index (χ0v) is 13.7. The first-order valence-corrected chi connectivity index (χ1v) is 7.67. The van der Waals surface area contributed by atoms with Crippen LogP contribution in [-0.4, -0.2) is 42.2 Å². The van der Waals surface area contributed by atoms with E-state index in [4.69, 9.17) is 0 Å². The Bertz CT molecular complexity index is 918. The van der Waals surface area contributed by atoms with Gasteiger partial charge in [0.2, 0.25) is 5.95 Å². The van der Waals surface area contributed by atoms with Crippen LogP contribution in [0.5, 0.6) is 0 Å². The summed E-state index contributed by atoms with van der Waals surface area (Å²) >= 11 is 3.40. The van der Waals surface area contributed by atoms with Gasteiger partial charge in [-0.2, -0.15) is 15.2 Å². The third-order valence-electron chi connectivity index (χ3n) is 3.94. The second-order valence-electron chi connectivity index (χ2n) is 5.51. The lowest BCUT2D eigenvalue weighted by Gasteiger charge is -2.40. The average molecular weight is 364 g/mol. The summed E-state index contributed by atoms with van der Waals surface area (Å²) in [5.74, 6) is 0.652. The van der Waals surface area contributed by atoms with Gasteiger partial charge >= 0.3 is 0 Å². The van der Waals surface area contributed by atoms with Gasteiger partial charge in [0.15, 0.2) is 5.65 Å². The van der Waals surface area contributed by atoms with Crippen molar-refractivity contribution in [2.45, 2.75) is 6.04 Å². The number of aromatic nitrogens is 6. The Morgan fingerprint density at radius 1 is 1.27 bits per heavy atom. The van der Waals surface area contributed by atoms with Crippen LogP contribution >= 0.6 is 15.9 Å². The zero-order valence-electron chi connectivity index (χ0n) is 12.1. The molecule has 3 aromatic heterocycles. The molecule has 0 atom stereocenters. The maximum absolute atomic E-state index is 12.4. The summed E-state index contributed by atoms with van der Waals surface area (Å²) in [5.41, 5.74) is 0.421. The third kappa shape index (κ3) is 1.96. The topological polar surface area (TPSA) is 73.8 Å². The Morgan fingerprint density at radius 2 is 2.05 bits per heavy atom. The van der Waals surface area contributed by atoms with E-state index in [2.05, 4.69) is 36.0 Å². The molecule has 4 rings (SSSR count). The van der Waals surface area contributed by atoms with Crippen LogP contribution in [-0.2, 0) is 14.1 Å². The van der Waals surface area contributed by atoms with Crippen LogP contribution in [0, 0.1) is 0 Å². The molecule has 8 nitrogen and oxygen atoms in total. The molecule has 0 aromatic carbocycles. The Labute approximate surface area is 134 Å². The van der Waals surface area contributed by atoms with Crippen LogP contribution < -0.4 is 10.5 Å². The average Bonchev–Trinajstić information content (AvgIpc) is 3.00. The van der Waals surface area contributed by atoms with Crippen LogP contribution in [0.3, 0.4) is 0 Å². The fraction of sp³-hybridized carbons (Fsp3) is 0.385. The van der Waals surface area contributed by atoms with Crippen LogP contribution in [0.4, 0.5) is 5.95 Å². The van der Waals surface area contributed by atoms with Gasteiger partial charge < -0.3 is 4.90 Å². The molecule has 3 aromatic rings. The highest BCUT2D eigenvalue weighted by atomic mass is 79.9. The van der Waals surface area contributed by atoms with E-state index in [9.17, 15) is 4.79 Å². The minimum atomic E-state index is -0.0709. The molecule has 0 aliphatic carbocycles. The lowest BCUT2D eigenvalue weighted by atomic mass is 10.1. The smallest absolute Gasteiger partial charge is 0.265 e. The highest BCUT2D eigenvalue weighted by molar-refractivity contribution is 9.10. The molecule has 1 saturated heterocycles. The fourth-order valence-corrected chi connectivity index (χ4v) is 3.04. The normalized spacial score (nSPS) is 15.5. The number of nitrogens with zero attached hydrogens (tertiary/aromatic N) is 7. The van der Waals surface area contributed by atoms with Crippen LogP contribution in [0.25, 0.3) is 11.0 Å². The van der Waals surface area contributed by atoms with Crippen molar-refractivity contribution in [2.24, 2.45) is 14.1 Å². The zero-order chi connectivity index (χ0) is 15.4. The molecule has 9 heteroatoms. The van der Waals surface area contributed by atoms with Crippen LogP contribution in [0.2, 0.25) is 0 Å². The number of fused-ring (bicyclic) bond motifs is 1. The Balaban J connectivity index is 1.65. The summed E-state index contributed by atoms with van der Waals surface area (Å²) < 4.78 is 6.09. The van der Waals surface area contributed by atoms with Crippen molar-refractivity contribution in [1.29, 1.82) is 0 Å². The van der Waals surface area contributed by atoms with Gasteiger partial charge in [0, 0.05) is 39.6 Å². The Hall–Kier alpha value is -2.16. The maximum atomic E-state index is 12.4. The summed E-state index contributed by atoms with van der Waals surface area (Å²) in [7, 11) is 3.53. The van der Waals surface area contributed by atoms with E-state index >= 15 is 0 Å². The first-order chi connectivity index (χ1) is 10.5. The van der Waals surface area contributed by atoms with E-state index in [0.29, 0.717) is 23.0 Å². The van der Waals surface area contributed by atoms with Crippen molar-refractivity contribution in [3.63, 3.8) is 0 Å². The first kappa shape index (κ1) is 13.5. The number of rotatable bonds is 2. The summed E-state index contributed by atoms with van der Waals surface area (Å²) in [4.78, 5) is 19.0. The number of hydrogen-bond donors (Lipinski definition) is 0. The molecule has 0 N–H and O–H groups in total. The largest absolute Gasteiger partial charge is 0.338 e. The van der Waals surface area contributed by atoms with Crippen molar-refractivity contribution in [1.82, 2.24) is 29.1 Å². The molecule has 0 amide bonds. The standard InChI is InChI=1S/C13H14BrN7O/c1-18-7-10-11(17-18)16-13(19(2)12(10)22)20-5-9(6-20)21-4-8(14)3-15-21/h3-4,7,9H,5-6H2,1-2H3. The van der Waals surface area contributed by atoms with Gasteiger partial charge in [-0.1, -0.05) is 0 Å². The molecular weight excluding hydrogens is 350 g/mol. The SMILES string of the molecule is Cn1cc2c(=O)n(C)c(N3CC(n4cc(Br)cn4)C3)nc2n1. The number of aryl methyl sites for hydroxylation is 1. The fourth-order valence-electron chi connectivity index (χ4n) is 2.73. The molecule has 0 saturated carbocycles. The summed E-state index contributed by atoms with van der Waals surface area (Å²) in [6.07, 6.45) is 5.43. The summed E-state index contributed by atoms with van der Waals surface area (Å²) in [5, 5.41) is 9.08. The first-order valence-electron chi connectivity index (χ1n) is 6.88. The van der Waals surface area contributed by atoms with E-state index in [1.165, 1.54) is 0 Å². The van der Waals surface area contributed by atoms with Crippen LogP contribution in [0.15, 0.2) is 27.9 Å². The van der Waals surface area contributed by atoms with Crippen molar-refractivity contribution >= 4 is 32.9 Å². The molecule has 1 aliphatic rings. The number of hydrogen-bond acceptors (Lipinski definition) is 5. The molecule has 1 fully saturated rings. The van der Waals surface area contributed by atoms with Gasteiger partial charge in [0.1, 0.15) is 5.39 Å².